The molecule has 0 amide bonds. The molecule has 2 aromatic carbocycles. The number of hydrogen-bond acceptors (Lipinski definition) is 5. The number of nitro groups is 1. The molecule has 1 heterocycles. The summed E-state index contributed by atoms with van der Waals surface area (Å²) < 4.78 is 27.2. The van der Waals surface area contributed by atoms with Gasteiger partial charge in [-0.3, -0.25) is 10.1 Å². The molecule has 1 aliphatic heterocycles. The third-order valence-electron chi connectivity index (χ3n) is 3.66. The number of non-ortho nitro benzene ring substituents is 1. The Morgan fingerprint density at radius 3 is 2.67 bits per heavy atom. The zero-order chi connectivity index (χ0) is 17.3. The smallest absolute Gasteiger partial charge is 0.258 e. The lowest BCUT2D eigenvalue weighted by molar-refractivity contribution is -0.385. The molecule has 0 spiro atoms. The summed E-state index contributed by atoms with van der Waals surface area (Å²) in [6.07, 6.45) is 0. The first-order valence-corrected chi connectivity index (χ1v) is 9.90. The van der Waals surface area contributed by atoms with Crippen molar-refractivity contribution in [1.82, 2.24) is 4.31 Å². The number of sulfonamides is 1. The van der Waals surface area contributed by atoms with Crippen LogP contribution in [0.1, 0.15) is 10.9 Å². The highest BCUT2D eigenvalue weighted by atomic mass is 35.5. The maximum atomic E-state index is 13.0. The summed E-state index contributed by atoms with van der Waals surface area (Å²) in [5.74, 6) is 0.629. The van der Waals surface area contributed by atoms with Crippen LogP contribution in [-0.4, -0.2) is 29.9 Å². The molecule has 1 aliphatic rings. The number of benzene rings is 2. The van der Waals surface area contributed by atoms with Crippen molar-refractivity contribution in [3.63, 3.8) is 0 Å². The number of halogens is 1. The highest BCUT2D eigenvalue weighted by Gasteiger charge is 2.38. The molecule has 3 rings (SSSR count). The fourth-order valence-corrected chi connectivity index (χ4v) is 6.13. The first-order chi connectivity index (χ1) is 11.4. The van der Waals surface area contributed by atoms with Gasteiger partial charge >= 0.3 is 0 Å². The van der Waals surface area contributed by atoms with E-state index in [9.17, 15) is 18.5 Å². The molecule has 0 N–H and O–H groups in total. The maximum absolute atomic E-state index is 13.0. The van der Waals surface area contributed by atoms with E-state index in [4.69, 9.17) is 11.6 Å². The molecule has 1 saturated heterocycles. The van der Waals surface area contributed by atoms with Crippen LogP contribution in [0.25, 0.3) is 0 Å². The quantitative estimate of drug-likeness (QED) is 0.593. The van der Waals surface area contributed by atoms with Gasteiger partial charge in [0.1, 0.15) is 0 Å². The van der Waals surface area contributed by atoms with Gasteiger partial charge in [-0.15, -0.1) is 11.8 Å². The van der Waals surface area contributed by atoms with E-state index >= 15 is 0 Å². The third kappa shape index (κ3) is 3.14. The van der Waals surface area contributed by atoms with Crippen molar-refractivity contribution in [3.05, 3.63) is 69.2 Å². The van der Waals surface area contributed by atoms with E-state index in [-0.39, 0.29) is 10.6 Å². The minimum Gasteiger partial charge on any atom is -0.258 e. The van der Waals surface area contributed by atoms with E-state index in [1.807, 2.05) is 0 Å². The summed E-state index contributed by atoms with van der Waals surface area (Å²) >= 11 is 7.69. The second-order valence-corrected chi connectivity index (χ2v) is 8.60. The zero-order valence-corrected chi connectivity index (χ0v) is 14.7. The Labute approximate surface area is 148 Å². The largest absolute Gasteiger partial charge is 0.270 e. The molecular formula is C15H13ClN2O4S2. The standard InChI is InChI=1S/C15H13ClN2O4S2/c16-14-7-2-1-6-13(14)15-17(8-9-23-15)24(21,22)12-5-3-4-11(10-12)18(19)20/h1-7,10,15H,8-9H2/t15-/m1/s1. The van der Waals surface area contributed by atoms with Crippen molar-refractivity contribution in [2.75, 3.05) is 12.3 Å². The van der Waals surface area contributed by atoms with Crippen LogP contribution in [0.15, 0.2) is 53.4 Å². The highest BCUT2D eigenvalue weighted by Crippen LogP contribution is 2.43. The van der Waals surface area contributed by atoms with Gasteiger partial charge in [-0.2, -0.15) is 4.31 Å². The average Bonchev–Trinajstić information content (AvgIpc) is 3.05. The Kier molecular flexibility index (Phi) is 4.82. The van der Waals surface area contributed by atoms with E-state index in [2.05, 4.69) is 0 Å². The molecule has 1 fully saturated rings. The third-order valence-corrected chi connectivity index (χ3v) is 7.24. The topological polar surface area (TPSA) is 80.5 Å². The van der Waals surface area contributed by atoms with Gasteiger partial charge < -0.3 is 0 Å². The summed E-state index contributed by atoms with van der Waals surface area (Å²) in [7, 11) is -3.86. The van der Waals surface area contributed by atoms with Crippen molar-refractivity contribution in [3.8, 4) is 0 Å². The van der Waals surface area contributed by atoms with Crippen molar-refractivity contribution in [2.45, 2.75) is 10.3 Å². The molecule has 9 heteroatoms. The predicted octanol–water partition coefficient (Wildman–Crippen LogP) is 3.68. The van der Waals surface area contributed by atoms with Crippen molar-refractivity contribution in [2.24, 2.45) is 0 Å². The molecule has 24 heavy (non-hydrogen) atoms. The minimum absolute atomic E-state index is 0.0868. The van der Waals surface area contributed by atoms with E-state index < -0.39 is 20.3 Å². The fourth-order valence-electron chi connectivity index (χ4n) is 2.51. The van der Waals surface area contributed by atoms with E-state index in [1.54, 1.807) is 24.3 Å². The Morgan fingerprint density at radius 2 is 1.96 bits per heavy atom. The van der Waals surface area contributed by atoms with Gasteiger partial charge in [-0.25, -0.2) is 8.42 Å². The lowest BCUT2D eigenvalue weighted by atomic mass is 10.2. The monoisotopic (exact) mass is 384 g/mol. The van der Waals surface area contributed by atoms with E-state index in [1.165, 1.54) is 34.3 Å². The van der Waals surface area contributed by atoms with Gasteiger partial charge in [0, 0.05) is 29.5 Å². The number of thioether (sulfide) groups is 1. The summed E-state index contributed by atoms with van der Waals surface area (Å²) in [6.45, 7) is 0.325. The number of nitro benzene ring substituents is 1. The lowest BCUT2D eigenvalue weighted by Gasteiger charge is -2.24. The molecule has 2 aromatic rings. The fraction of sp³-hybridized carbons (Fsp3) is 0.200. The average molecular weight is 385 g/mol. The Morgan fingerprint density at radius 1 is 1.21 bits per heavy atom. The van der Waals surface area contributed by atoms with E-state index in [0.717, 1.165) is 11.6 Å². The summed E-state index contributed by atoms with van der Waals surface area (Å²) in [5, 5.41) is 11.0. The van der Waals surface area contributed by atoms with Gasteiger partial charge in [-0.05, 0) is 17.7 Å². The first-order valence-electron chi connectivity index (χ1n) is 7.03. The molecule has 0 radical (unpaired) electrons. The van der Waals surface area contributed by atoms with Gasteiger partial charge in [0.05, 0.1) is 15.2 Å². The molecule has 0 aliphatic carbocycles. The van der Waals surface area contributed by atoms with Crippen LogP contribution in [0, 0.1) is 10.1 Å². The van der Waals surface area contributed by atoms with Gasteiger partial charge in [0.15, 0.2) is 0 Å². The summed E-state index contributed by atoms with van der Waals surface area (Å²) in [4.78, 5) is 10.2. The first kappa shape index (κ1) is 17.2. The Balaban J connectivity index is 2.01. The van der Waals surface area contributed by atoms with Gasteiger partial charge in [0.2, 0.25) is 10.0 Å². The Bertz CT molecular complexity index is 889. The number of rotatable bonds is 4. The zero-order valence-electron chi connectivity index (χ0n) is 12.3. The lowest BCUT2D eigenvalue weighted by Crippen LogP contribution is -2.30. The van der Waals surface area contributed by atoms with Crippen LogP contribution in [0.2, 0.25) is 5.02 Å². The SMILES string of the molecule is O=[N+]([O-])c1cccc(S(=O)(=O)N2CCS[C@@H]2c2ccccc2Cl)c1. The normalized spacial score (nSPS) is 18.6. The second kappa shape index (κ2) is 6.72. The maximum Gasteiger partial charge on any atom is 0.270 e. The molecule has 1 atom stereocenters. The van der Waals surface area contributed by atoms with Crippen molar-refractivity contribution < 1.29 is 13.3 Å². The summed E-state index contributed by atoms with van der Waals surface area (Å²) in [5.41, 5.74) is 0.466. The van der Waals surface area contributed by atoms with Crippen LogP contribution in [0.5, 0.6) is 0 Å². The van der Waals surface area contributed by atoms with Crippen LogP contribution in [0.4, 0.5) is 5.69 Å². The van der Waals surface area contributed by atoms with Crippen molar-refractivity contribution >= 4 is 39.1 Å². The number of hydrogen-bond donors (Lipinski definition) is 0. The number of nitrogens with zero attached hydrogens (tertiary/aromatic N) is 2. The molecule has 0 bridgehead atoms. The molecule has 6 nitrogen and oxygen atoms in total. The van der Waals surface area contributed by atoms with Crippen LogP contribution < -0.4 is 0 Å². The van der Waals surface area contributed by atoms with Crippen LogP contribution in [-0.2, 0) is 10.0 Å². The van der Waals surface area contributed by atoms with E-state index in [0.29, 0.717) is 17.3 Å². The molecule has 126 valence electrons. The predicted molar refractivity (Wildman–Crippen MR) is 93.6 cm³/mol. The highest BCUT2D eigenvalue weighted by molar-refractivity contribution is 8.01. The molecular weight excluding hydrogens is 372 g/mol. The van der Waals surface area contributed by atoms with Gasteiger partial charge in [0.25, 0.3) is 5.69 Å². The summed E-state index contributed by atoms with van der Waals surface area (Å²) in [6, 6.07) is 12.2. The van der Waals surface area contributed by atoms with Gasteiger partial charge in [-0.1, -0.05) is 35.9 Å². The second-order valence-electron chi connectivity index (χ2n) is 5.11. The molecule has 0 saturated carbocycles. The molecule has 0 aromatic heterocycles. The molecule has 0 unspecified atom stereocenters. The van der Waals surface area contributed by atoms with Crippen molar-refractivity contribution in [1.29, 1.82) is 0 Å². The Hall–Kier alpha value is -1.61. The minimum atomic E-state index is -3.86. The van der Waals surface area contributed by atoms with Crippen LogP contribution >= 0.6 is 23.4 Å². The van der Waals surface area contributed by atoms with Crippen LogP contribution in [0.3, 0.4) is 0 Å².